The van der Waals surface area contributed by atoms with Crippen LogP contribution in [0.5, 0.6) is 17.2 Å². The van der Waals surface area contributed by atoms with Gasteiger partial charge in [0.15, 0.2) is 11.5 Å². The van der Waals surface area contributed by atoms with Gasteiger partial charge in [0.2, 0.25) is 0 Å². The first-order valence-corrected chi connectivity index (χ1v) is 11.1. The fourth-order valence-corrected chi connectivity index (χ4v) is 3.24. The molecule has 7 heteroatoms. The molecule has 0 atom stereocenters. The van der Waals surface area contributed by atoms with E-state index in [0.717, 1.165) is 5.56 Å². The van der Waals surface area contributed by atoms with Gasteiger partial charge in [-0.25, -0.2) is 0 Å². The second-order valence-electron chi connectivity index (χ2n) is 7.16. The van der Waals surface area contributed by atoms with Crippen molar-refractivity contribution in [3.8, 4) is 35.7 Å². The van der Waals surface area contributed by atoms with Crippen molar-refractivity contribution in [2.24, 2.45) is 0 Å². The predicted octanol–water partition coefficient (Wildman–Crippen LogP) is 5.88. The van der Waals surface area contributed by atoms with Crippen LogP contribution >= 0.6 is 11.6 Å². The van der Waals surface area contributed by atoms with E-state index in [0.29, 0.717) is 46.7 Å². The molecule has 35 heavy (non-hydrogen) atoms. The molecule has 0 radical (unpaired) electrons. The first kappa shape index (κ1) is 25.2. The van der Waals surface area contributed by atoms with E-state index >= 15 is 0 Å². The highest BCUT2D eigenvalue weighted by Gasteiger charge is 2.12. The molecule has 1 amide bonds. The molecule has 3 aromatic rings. The van der Waals surface area contributed by atoms with Crippen LogP contribution in [0.25, 0.3) is 6.08 Å². The smallest absolute Gasteiger partial charge is 0.266 e. The summed E-state index contributed by atoms with van der Waals surface area (Å²) in [5.41, 5.74) is 1.94. The van der Waals surface area contributed by atoms with Crippen molar-refractivity contribution in [2.45, 2.75) is 13.5 Å². The Balaban J connectivity index is 1.67. The first-order chi connectivity index (χ1) is 17.0. The van der Waals surface area contributed by atoms with Gasteiger partial charge < -0.3 is 19.5 Å². The molecule has 0 heterocycles. The Morgan fingerprint density at radius 2 is 1.83 bits per heavy atom. The number of halogens is 1. The minimum atomic E-state index is -0.539. The van der Waals surface area contributed by atoms with Crippen molar-refractivity contribution in [3.63, 3.8) is 0 Å². The molecule has 0 fully saturated rings. The second-order valence-corrected chi connectivity index (χ2v) is 7.57. The van der Waals surface area contributed by atoms with Gasteiger partial charge in [-0.1, -0.05) is 41.8 Å². The highest BCUT2D eigenvalue weighted by molar-refractivity contribution is 6.31. The van der Waals surface area contributed by atoms with Gasteiger partial charge in [-0.2, -0.15) is 5.26 Å². The largest absolute Gasteiger partial charge is 0.490 e. The van der Waals surface area contributed by atoms with Crippen LogP contribution in [0.4, 0.5) is 5.69 Å². The lowest BCUT2D eigenvalue weighted by atomic mass is 10.1. The molecule has 0 unspecified atom stereocenters. The van der Waals surface area contributed by atoms with Gasteiger partial charge >= 0.3 is 0 Å². The monoisotopic (exact) mass is 486 g/mol. The van der Waals surface area contributed by atoms with E-state index in [1.165, 1.54) is 6.08 Å². The number of rotatable bonds is 10. The zero-order valence-electron chi connectivity index (χ0n) is 19.1. The molecular formula is C28H23ClN2O4. The Kier molecular flexibility index (Phi) is 9.19. The highest BCUT2D eigenvalue weighted by Crippen LogP contribution is 2.29. The van der Waals surface area contributed by atoms with E-state index in [9.17, 15) is 10.1 Å². The Labute approximate surface area is 209 Å². The summed E-state index contributed by atoms with van der Waals surface area (Å²) in [7, 11) is 0. The standard InChI is InChI=1S/C28H23ClN2O4/c1-3-15-34-26-14-9-20(17-27(26)33-4-2)16-22(18-30)28(32)31-23-10-12-24(13-11-23)35-19-21-7-5-6-8-25(21)29/h1,5-14,16-17H,4,15,19H2,2H3,(H,31,32)/b22-16+. The molecule has 0 bridgehead atoms. The van der Waals surface area contributed by atoms with E-state index in [1.807, 2.05) is 31.2 Å². The second kappa shape index (κ2) is 12.7. The lowest BCUT2D eigenvalue weighted by molar-refractivity contribution is -0.112. The SMILES string of the molecule is C#CCOc1ccc(/C=C(\C#N)C(=O)Nc2ccc(OCc3ccccc3Cl)cc2)cc1OCC. The minimum Gasteiger partial charge on any atom is -0.490 e. The number of nitrogens with one attached hydrogen (secondary N) is 1. The summed E-state index contributed by atoms with van der Waals surface area (Å²) in [6.45, 7) is 2.69. The average molecular weight is 487 g/mol. The molecule has 0 aromatic heterocycles. The van der Waals surface area contributed by atoms with Gasteiger partial charge in [0.1, 0.15) is 30.6 Å². The summed E-state index contributed by atoms with van der Waals surface area (Å²) in [5.74, 6) is 3.44. The maximum Gasteiger partial charge on any atom is 0.266 e. The fraction of sp³-hybridized carbons (Fsp3) is 0.143. The molecule has 0 aliphatic carbocycles. The van der Waals surface area contributed by atoms with Gasteiger partial charge in [0.05, 0.1) is 6.61 Å². The number of carbonyl (C=O) groups excluding carboxylic acids is 1. The summed E-state index contributed by atoms with van der Waals surface area (Å²) in [5, 5.41) is 12.9. The van der Waals surface area contributed by atoms with Crippen molar-refractivity contribution < 1.29 is 19.0 Å². The molecule has 0 saturated carbocycles. The molecule has 3 rings (SSSR count). The van der Waals surface area contributed by atoms with Crippen molar-refractivity contribution >= 4 is 29.3 Å². The van der Waals surface area contributed by atoms with E-state index < -0.39 is 5.91 Å². The van der Waals surface area contributed by atoms with Crippen molar-refractivity contribution in [1.82, 2.24) is 0 Å². The van der Waals surface area contributed by atoms with Crippen LogP contribution in [-0.2, 0) is 11.4 Å². The van der Waals surface area contributed by atoms with E-state index in [4.69, 9.17) is 32.2 Å². The number of ether oxygens (including phenoxy) is 3. The minimum absolute atomic E-state index is 0.0659. The van der Waals surface area contributed by atoms with Gasteiger partial charge in [-0.15, -0.1) is 6.42 Å². The number of amides is 1. The third-order valence-electron chi connectivity index (χ3n) is 4.72. The number of nitrogens with zero attached hydrogens (tertiary/aromatic N) is 1. The topological polar surface area (TPSA) is 80.6 Å². The number of benzene rings is 3. The number of carbonyl (C=O) groups is 1. The highest BCUT2D eigenvalue weighted by atomic mass is 35.5. The van der Waals surface area contributed by atoms with E-state index in [2.05, 4.69) is 11.2 Å². The number of terminal acetylenes is 1. The fourth-order valence-electron chi connectivity index (χ4n) is 3.05. The molecule has 176 valence electrons. The quantitative estimate of drug-likeness (QED) is 0.220. The van der Waals surface area contributed by atoms with Crippen LogP contribution in [0.3, 0.4) is 0 Å². The van der Waals surface area contributed by atoms with Crippen LogP contribution in [0.1, 0.15) is 18.1 Å². The maximum atomic E-state index is 12.7. The molecule has 0 aliphatic rings. The number of hydrogen-bond acceptors (Lipinski definition) is 5. The summed E-state index contributed by atoms with van der Waals surface area (Å²) >= 11 is 6.15. The van der Waals surface area contributed by atoms with Gasteiger partial charge in [-0.3, -0.25) is 4.79 Å². The Morgan fingerprint density at radius 3 is 2.51 bits per heavy atom. The van der Waals surface area contributed by atoms with Crippen molar-refractivity contribution in [1.29, 1.82) is 5.26 Å². The van der Waals surface area contributed by atoms with Crippen LogP contribution in [0.2, 0.25) is 5.02 Å². The third-order valence-corrected chi connectivity index (χ3v) is 5.09. The summed E-state index contributed by atoms with van der Waals surface area (Å²) < 4.78 is 16.8. The molecule has 0 spiro atoms. The number of hydrogen-bond donors (Lipinski definition) is 1. The van der Waals surface area contributed by atoms with E-state index in [1.54, 1.807) is 48.5 Å². The van der Waals surface area contributed by atoms with Crippen molar-refractivity contribution in [3.05, 3.63) is 88.5 Å². The van der Waals surface area contributed by atoms with Crippen LogP contribution < -0.4 is 19.5 Å². The Hall–Kier alpha value is -4.39. The lowest BCUT2D eigenvalue weighted by Crippen LogP contribution is -2.13. The predicted molar refractivity (Wildman–Crippen MR) is 136 cm³/mol. The molecule has 6 nitrogen and oxygen atoms in total. The number of nitriles is 1. The average Bonchev–Trinajstić information content (AvgIpc) is 2.87. The van der Waals surface area contributed by atoms with Crippen LogP contribution in [-0.4, -0.2) is 19.1 Å². The Morgan fingerprint density at radius 1 is 1.06 bits per heavy atom. The zero-order valence-corrected chi connectivity index (χ0v) is 19.8. The van der Waals surface area contributed by atoms with E-state index in [-0.39, 0.29) is 12.2 Å². The van der Waals surface area contributed by atoms with Gasteiger partial charge in [0.25, 0.3) is 5.91 Å². The lowest BCUT2D eigenvalue weighted by Gasteiger charge is -2.11. The molecule has 0 saturated heterocycles. The molecule has 1 N–H and O–H groups in total. The van der Waals surface area contributed by atoms with Crippen LogP contribution in [0.15, 0.2) is 72.3 Å². The molecule has 3 aromatic carbocycles. The number of anilines is 1. The van der Waals surface area contributed by atoms with Crippen LogP contribution in [0, 0.1) is 23.7 Å². The zero-order chi connectivity index (χ0) is 25.0. The van der Waals surface area contributed by atoms with Crippen molar-refractivity contribution in [2.75, 3.05) is 18.5 Å². The summed E-state index contributed by atoms with van der Waals surface area (Å²) in [6, 6.07) is 21.3. The maximum absolute atomic E-state index is 12.7. The summed E-state index contributed by atoms with van der Waals surface area (Å²) in [6.07, 6.45) is 6.72. The first-order valence-electron chi connectivity index (χ1n) is 10.8. The van der Waals surface area contributed by atoms with Gasteiger partial charge in [0, 0.05) is 16.3 Å². The molecule has 0 aliphatic heterocycles. The third kappa shape index (κ3) is 7.30. The summed E-state index contributed by atoms with van der Waals surface area (Å²) in [4.78, 5) is 12.7. The van der Waals surface area contributed by atoms with Gasteiger partial charge in [-0.05, 0) is 61.0 Å². The molecular weight excluding hydrogens is 464 g/mol. The normalized spacial score (nSPS) is 10.6. The Bertz CT molecular complexity index is 1290.